The Morgan fingerprint density at radius 2 is 1.51 bits per heavy atom. The van der Waals surface area contributed by atoms with Crippen molar-refractivity contribution >= 4 is 40.4 Å². The fourth-order valence-electron chi connectivity index (χ4n) is 4.29. The van der Waals surface area contributed by atoms with Gasteiger partial charge in [0.1, 0.15) is 0 Å². The predicted molar refractivity (Wildman–Crippen MR) is 141 cm³/mol. The number of esters is 1. The summed E-state index contributed by atoms with van der Waals surface area (Å²) in [7, 11) is 0. The molecular weight excluding hydrogens is 555 g/mol. The molecule has 1 amide bonds. The zero-order valence-electron chi connectivity index (χ0n) is 18.8. The number of hydrogen-bond donors (Lipinski definition) is 0. The van der Waals surface area contributed by atoms with Gasteiger partial charge in [0.2, 0.25) is 12.1 Å². The van der Waals surface area contributed by atoms with Crippen LogP contribution in [0.25, 0.3) is 0 Å². The van der Waals surface area contributed by atoms with E-state index in [0.29, 0.717) is 15.9 Å². The number of fused-ring (bicyclic) bond motifs is 1. The molecule has 35 heavy (non-hydrogen) atoms. The maximum atomic E-state index is 13.6. The van der Waals surface area contributed by atoms with E-state index in [0.717, 1.165) is 16.7 Å². The molecule has 7 heteroatoms. The highest BCUT2D eigenvalue weighted by molar-refractivity contribution is 14.1. The molecule has 0 spiro atoms. The van der Waals surface area contributed by atoms with Crippen LogP contribution in [0.15, 0.2) is 108 Å². The molecule has 2 heterocycles. The summed E-state index contributed by atoms with van der Waals surface area (Å²) in [5.41, 5.74) is 3.03. The van der Waals surface area contributed by atoms with Crippen LogP contribution in [0, 0.1) is 0 Å². The first-order valence-corrected chi connectivity index (χ1v) is 12.8. The van der Waals surface area contributed by atoms with Gasteiger partial charge in [-0.3, -0.25) is 9.69 Å². The summed E-state index contributed by atoms with van der Waals surface area (Å²) < 4.78 is 12.6. The quantitative estimate of drug-likeness (QED) is 0.128. The molecule has 1 saturated heterocycles. The first-order chi connectivity index (χ1) is 17.1. The van der Waals surface area contributed by atoms with Gasteiger partial charge in [0.25, 0.3) is 5.91 Å². The average Bonchev–Trinajstić information content (AvgIpc) is 3.31. The fraction of sp³-hybridized carbons (Fsp3) is 0.179. The first kappa shape index (κ1) is 23.3. The van der Waals surface area contributed by atoms with Crippen LogP contribution in [0.4, 0.5) is 0 Å². The van der Waals surface area contributed by atoms with Gasteiger partial charge in [-0.05, 0) is 28.8 Å². The molecule has 3 aromatic carbocycles. The van der Waals surface area contributed by atoms with Crippen LogP contribution >= 0.6 is 22.6 Å². The molecular formula is C28H23IN2O4. The largest absolute Gasteiger partial charge is 0.451 e. The Labute approximate surface area is 217 Å². The van der Waals surface area contributed by atoms with Crippen molar-refractivity contribution in [3.63, 3.8) is 0 Å². The van der Waals surface area contributed by atoms with Crippen LogP contribution < -0.4 is 0 Å². The normalized spacial score (nSPS) is 19.3. The van der Waals surface area contributed by atoms with Crippen LogP contribution in [0.1, 0.15) is 22.8 Å². The Morgan fingerprint density at radius 3 is 2.06 bits per heavy atom. The molecule has 0 aromatic heterocycles. The molecule has 3 aromatic rings. The number of amides is 1. The number of carbonyl (C=O) groups is 2. The van der Waals surface area contributed by atoms with Gasteiger partial charge in [-0.15, -0.1) is 0 Å². The molecule has 5 rings (SSSR count). The summed E-state index contributed by atoms with van der Waals surface area (Å²) in [5, 5.41) is 0. The number of β-lactam (4-membered cyclic amide) rings is 1. The van der Waals surface area contributed by atoms with Crippen molar-refractivity contribution < 1.29 is 19.1 Å². The number of halogens is 1. The van der Waals surface area contributed by atoms with E-state index >= 15 is 0 Å². The number of aliphatic imine (C=N–C) groups is 1. The SMILES string of the molecule is C=C(CI)[C@H](C(=O)OC(c1ccccc1)c1ccccc1)N1C(=O)[C@@H]2N=C(c3ccccc3)O[C@@H]21. The number of rotatable bonds is 8. The first-order valence-electron chi connectivity index (χ1n) is 11.2. The van der Waals surface area contributed by atoms with Gasteiger partial charge in [-0.2, -0.15) is 0 Å². The maximum absolute atomic E-state index is 13.6. The third-order valence-electron chi connectivity index (χ3n) is 6.06. The highest BCUT2D eigenvalue weighted by Gasteiger charge is 2.58. The number of benzene rings is 3. The molecule has 0 aliphatic carbocycles. The number of ether oxygens (including phenoxy) is 2. The lowest BCUT2D eigenvalue weighted by Crippen LogP contribution is -2.68. The van der Waals surface area contributed by atoms with Crippen molar-refractivity contribution in [2.45, 2.75) is 24.4 Å². The molecule has 0 unspecified atom stereocenters. The van der Waals surface area contributed by atoms with Crippen molar-refractivity contribution in [3.05, 3.63) is 120 Å². The smallest absolute Gasteiger partial charge is 0.334 e. The zero-order valence-corrected chi connectivity index (χ0v) is 20.9. The number of hydrogen-bond acceptors (Lipinski definition) is 5. The fourth-order valence-corrected chi connectivity index (χ4v) is 4.71. The van der Waals surface area contributed by atoms with Crippen molar-refractivity contribution in [1.82, 2.24) is 4.90 Å². The van der Waals surface area contributed by atoms with Crippen LogP contribution in [-0.4, -0.2) is 45.4 Å². The summed E-state index contributed by atoms with van der Waals surface area (Å²) in [6.07, 6.45) is -1.29. The van der Waals surface area contributed by atoms with Gasteiger partial charge < -0.3 is 9.47 Å². The summed E-state index contributed by atoms with van der Waals surface area (Å²) in [6, 6.07) is 26.9. The molecule has 3 atom stereocenters. The molecule has 1 fully saturated rings. The van der Waals surface area contributed by atoms with Gasteiger partial charge in [0.05, 0.1) is 0 Å². The zero-order chi connectivity index (χ0) is 24.4. The minimum absolute atomic E-state index is 0.273. The Balaban J connectivity index is 1.41. The molecule has 2 aliphatic rings. The van der Waals surface area contributed by atoms with E-state index in [-0.39, 0.29) is 5.91 Å². The van der Waals surface area contributed by atoms with Gasteiger partial charge in [-0.25, -0.2) is 9.79 Å². The minimum Gasteiger partial charge on any atom is -0.451 e. The van der Waals surface area contributed by atoms with Crippen LogP contribution in [0.2, 0.25) is 0 Å². The third kappa shape index (κ3) is 4.48. The monoisotopic (exact) mass is 578 g/mol. The molecule has 0 N–H and O–H groups in total. The summed E-state index contributed by atoms with van der Waals surface area (Å²) in [6.45, 7) is 4.08. The summed E-state index contributed by atoms with van der Waals surface area (Å²) in [4.78, 5) is 32.6. The van der Waals surface area contributed by atoms with Crippen molar-refractivity contribution in [1.29, 1.82) is 0 Å². The Kier molecular flexibility index (Phi) is 6.68. The molecule has 0 bridgehead atoms. The van der Waals surface area contributed by atoms with Gasteiger partial charge >= 0.3 is 5.97 Å². The lowest BCUT2D eigenvalue weighted by atomic mass is 9.97. The molecule has 6 nitrogen and oxygen atoms in total. The van der Waals surface area contributed by atoms with Crippen LogP contribution in [0.5, 0.6) is 0 Å². The number of likely N-dealkylation sites (tertiary alicyclic amines) is 1. The third-order valence-corrected chi connectivity index (χ3v) is 7.04. The van der Waals surface area contributed by atoms with Gasteiger partial charge in [-0.1, -0.05) is 108 Å². The second kappa shape index (κ2) is 10.0. The lowest BCUT2D eigenvalue weighted by Gasteiger charge is -2.44. The van der Waals surface area contributed by atoms with E-state index in [9.17, 15) is 9.59 Å². The summed E-state index contributed by atoms with van der Waals surface area (Å²) in [5.74, 6) is -0.423. The second-order valence-corrected chi connectivity index (χ2v) is 9.09. The number of carbonyl (C=O) groups excluding carboxylic acids is 2. The average molecular weight is 578 g/mol. The molecule has 176 valence electrons. The molecule has 0 saturated carbocycles. The van der Waals surface area contributed by atoms with E-state index < -0.39 is 30.4 Å². The highest BCUT2D eigenvalue weighted by atomic mass is 127. The Morgan fingerprint density at radius 1 is 0.971 bits per heavy atom. The maximum Gasteiger partial charge on any atom is 0.334 e. The van der Waals surface area contributed by atoms with E-state index in [1.165, 1.54) is 4.90 Å². The van der Waals surface area contributed by atoms with Crippen LogP contribution in [-0.2, 0) is 19.1 Å². The second-order valence-electron chi connectivity index (χ2n) is 8.33. The molecule has 0 radical (unpaired) electrons. The van der Waals surface area contributed by atoms with Crippen molar-refractivity contribution in [2.75, 3.05) is 4.43 Å². The van der Waals surface area contributed by atoms with E-state index in [1.807, 2.05) is 91.0 Å². The van der Waals surface area contributed by atoms with Gasteiger partial charge in [0, 0.05) is 9.99 Å². The number of nitrogens with zero attached hydrogens (tertiary/aromatic N) is 2. The Hall–Kier alpha value is -3.46. The molecule has 2 aliphatic heterocycles. The topological polar surface area (TPSA) is 68.2 Å². The van der Waals surface area contributed by atoms with E-state index in [4.69, 9.17) is 9.47 Å². The van der Waals surface area contributed by atoms with E-state index in [2.05, 4.69) is 34.2 Å². The lowest BCUT2D eigenvalue weighted by molar-refractivity contribution is -0.178. The Bertz CT molecular complexity index is 1220. The van der Waals surface area contributed by atoms with Crippen molar-refractivity contribution in [3.8, 4) is 0 Å². The van der Waals surface area contributed by atoms with Crippen LogP contribution in [0.3, 0.4) is 0 Å². The number of alkyl halides is 1. The predicted octanol–water partition coefficient (Wildman–Crippen LogP) is 4.69. The van der Waals surface area contributed by atoms with E-state index in [1.54, 1.807) is 0 Å². The standard InChI is InChI=1S/C28H23IN2O4/c1-18(17-29)23(31-26(32)22-27(31)35-25(30-22)21-15-9-4-10-16-21)28(33)34-24(19-11-5-2-6-12-19)20-13-7-3-8-14-20/h2-16,22-24,27H,1,17H2/t22-,23+,27-/m0/s1. The van der Waals surface area contributed by atoms with Crippen molar-refractivity contribution in [2.24, 2.45) is 4.99 Å². The minimum atomic E-state index is -0.971. The highest BCUT2D eigenvalue weighted by Crippen LogP contribution is 2.36. The van der Waals surface area contributed by atoms with Gasteiger partial charge in [0.15, 0.2) is 18.2 Å². The summed E-state index contributed by atoms with van der Waals surface area (Å²) >= 11 is 2.14.